The zero-order valence-corrected chi connectivity index (χ0v) is 9.45. The van der Waals surface area contributed by atoms with E-state index < -0.39 is 0 Å². The maximum absolute atomic E-state index is 11.8. The molecule has 2 aromatic heterocycles. The molecule has 1 amide bonds. The van der Waals surface area contributed by atoms with Crippen LogP contribution in [0.2, 0.25) is 0 Å². The van der Waals surface area contributed by atoms with Crippen LogP contribution < -0.4 is 5.32 Å². The summed E-state index contributed by atoms with van der Waals surface area (Å²) in [5.41, 5.74) is 1.63. The Morgan fingerprint density at radius 3 is 3.00 bits per heavy atom. The molecule has 88 valence electrons. The Labute approximate surface area is 103 Å². The molecular formula is C13H10N4O. The number of nitrogens with one attached hydrogen (secondary N) is 1. The lowest BCUT2D eigenvalue weighted by atomic mass is 10.2. The number of hydrogen-bond donors (Lipinski definition) is 1. The van der Waals surface area contributed by atoms with Gasteiger partial charge in [0.2, 0.25) is 0 Å². The van der Waals surface area contributed by atoms with Crippen molar-refractivity contribution in [2.24, 2.45) is 0 Å². The molecule has 0 radical (unpaired) electrons. The lowest BCUT2D eigenvalue weighted by molar-refractivity contribution is 0.253. The van der Waals surface area contributed by atoms with Gasteiger partial charge in [-0.1, -0.05) is 6.07 Å². The van der Waals surface area contributed by atoms with Gasteiger partial charge in [-0.2, -0.15) is 0 Å². The standard InChI is InChI=1S/C13H10N4O/c18-13(17-7-6-14-9-17)16-11-3-4-12-10(8-11)2-1-5-15-12/h1-9H,(H,16,18). The highest BCUT2D eigenvalue weighted by Crippen LogP contribution is 2.17. The number of nitrogens with zero attached hydrogens (tertiary/aromatic N) is 3. The normalized spacial score (nSPS) is 10.4. The van der Waals surface area contributed by atoms with Crippen LogP contribution in [-0.4, -0.2) is 20.6 Å². The molecule has 5 heteroatoms. The summed E-state index contributed by atoms with van der Waals surface area (Å²) in [6.45, 7) is 0. The van der Waals surface area contributed by atoms with Crippen molar-refractivity contribution in [1.29, 1.82) is 0 Å². The number of benzene rings is 1. The minimum atomic E-state index is -0.240. The van der Waals surface area contributed by atoms with E-state index in [1.807, 2.05) is 30.3 Å². The molecule has 5 nitrogen and oxygen atoms in total. The molecule has 1 N–H and O–H groups in total. The zero-order valence-electron chi connectivity index (χ0n) is 9.45. The maximum atomic E-state index is 11.8. The summed E-state index contributed by atoms with van der Waals surface area (Å²) in [6.07, 6.45) is 6.35. The first-order valence-electron chi connectivity index (χ1n) is 5.47. The smallest absolute Gasteiger partial charge is 0.307 e. The number of amides is 1. The second-order valence-electron chi connectivity index (χ2n) is 3.81. The highest BCUT2D eigenvalue weighted by atomic mass is 16.2. The minimum Gasteiger partial charge on any atom is -0.307 e. The predicted octanol–water partition coefficient (Wildman–Crippen LogP) is 2.51. The van der Waals surface area contributed by atoms with Gasteiger partial charge in [0.1, 0.15) is 6.33 Å². The highest BCUT2D eigenvalue weighted by molar-refractivity contribution is 5.93. The van der Waals surface area contributed by atoms with Crippen molar-refractivity contribution in [3.8, 4) is 0 Å². The fourth-order valence-electron chi connectivity index (χ4n) is 1.72. The lowest BCUT2D eigenvalue weighted by Crippen LogP contribution is -2.17. The summed E-state index contributed by atoms with van der Waals surface area (Å²) in [5.74, 6) is 0. The van der Waals surface area contributed by atoms with Crippen molar-refractivity contribution >= 4 is 22.6 Å². The number of carbonyl (C=O) groups excluding carboxylic acids is 1. The van der Waals surface area contributed by atoms with Gasteiger partial charge in [-0.05, 0) is 24.3 Å². The van der Waals surface area contributed by atoms with Crippen LogP contribution in [0.5, 0.6) is 0 Å². The summed E-state index contributed by atoms with van der Waals surface area (Å²) in [7, 11) is 0. The van der Waals surface area contributed by atoms with Crippen molar-refractivity contribution in [1.82, 2.24) is 14.5 Å². The number of fused-ring (bicyclic) bond motifs is 1. The van der Waals surface area contributed by atoms with E-state index in [0.717, 1.165) is 16.6 Å². The summed E-state index contributed by atoms with van der Waals surface area (Å²) in [5, 5.41) is 3.78. The number of pyridine rings is 1. The third-order valence-electron chi connectivity index (χ3n) is 2.59. The summed E-state index contributed by atoms with van der Waals surface area (Å²) >= 11 is 0. The third kappa shape index (κ3) is 1.93. The van der Waals surface area contributed by atoms with Gasteiger partial charge in [0.05, 0.1) is 5.52 Å². The van der Waals surface area contributed by atoms with E-state index in [1.54, 1.807) is 18.6 Å². The number of imidazole rings is 1. The molecule has 0 saturated heterocycles. The minimum absolute atomic E-state index is 0.240. The van der Waals surface area contributed by atoms with E-state index in [-0.39, 0.29) is 6.03 Å². The first-order valence-corrected chi connectivity index (χ1v) is 5.47. The topological polar surface area (TPSA) is 59.8 Å². The van der Waals surface area contributed by atoms with Crippen LogP contribution in [0.15, 0.2) is 55.2 Å². The average Bonchev–Trinajstić information content (AvgIpc) is 2.92. The van der Waals surface area contributed by atoms with Crippen LogP contribution in [0, 0.1) is 0 Å². The van der Waals surface area contributed by atoms with Crippen LogP contribution in [0.3, 0.4) is 0 Å². The monoisotopic (exact) mass is 238 g/mol. The van der Waals surface area contributed by atoms with Crippen LogP contribution in [0.25, 0.3) is 10.9 Å². The molecule has 2 heterocycles. The molecule has 0 spiro atoms. The number of hydrogen-bond acceptors (Lipinski definition) is 3. The fourth-order valence-corrected chi connectivity index (χ4v) is 1.72. The van der Waals surface area contributed by atoms with Crippen LogP contribution >= 0.6 is 0 Å². The molecule has 0 aliphatic carbocycles. The maximum Gasteiger partial charge on any atom is 0.331 e. The second kappa shape index (κ2) is 4.29. The summed E-state index contributed by atoms with van der Waals surface area (Å²) < 4.78 is 1.38. The second-order valence-corrected chi connectivity index (χ2v) is 3.81. The SMILES string of the molecule is O=C(Nc1ccc2ncccc2c1)n1ccnc1. The molecule has 0 unspecified atom stereocenters. The Morgan fingerprint density at radius 1 is 1.22 bits per heavy atom. The van der Waals surface area contributed by atoms with Crippen LogP contribution in [-0.2, 0) is 0 Å². The highest BCUT2D eigenvalue weighted by Gasteiger charge is 2.04. The van der Waals surface area contributed by atoms with Gasteiger partial charge in [0.25, 0.3) is 0 Å². The van der Waals surface area contributed by atoms with Gasteiger partial charge in [0.15, 0.2) is 0 Å². The summed E-state index contributed by atoms with van der Waals surface area (Å²) in [6, 6.07) is 9.16. The summed E-state index contributed by atoms with van der Waals surface area (Å²) in [4.78, 5) is 19.9. The molecule has 0 aliphatic heterocycles. The Morgan fingerprint density at radius 2 is 2.17 bits per heavy atom. The Kier molecular flexibility index (Phi) is 2.49. The van der Waals surface area contributed by atoms with Gasteiger partial charge in [-0.15, -0.1) is 0 Å². The molecule has 0 fully saturated rings. The number of carbonyl (C=O) groups is 1. The van der Waals surface area contributed by atoms with E-state index in [0.29, 0.717) is 0 Å². The Hall–Kier alpha value is -2.69. The van der Waals surface area contributed by atoms with Crippen molar-refractivity contribution in [3.05, 3.63) is 55.2 Å². The van der Waals surface area contributed by atoms with Crippen molar-refractivity contribution < 1.29 is 4.79 Å². The first-order chi connectivity index (χ1) is 8.83. The largest absolute Gasteiger partial charge is 0.331 e. The van der Waals surface area contributed by atoms with Crippen molar-refractivity contribution in [2.75, 3.05) is 5.32 Å². The lowest BCUT2D eigenvalue weighted by Gasteiger charge is -2.06. The number of anilines is 1. The van der Waals surface area contributed by atoms with Gasteiger partial charge in [-0.3, -0.25) is 9.55 Å². The van der Waals surface area contributed by atoms with E-state index in [4.69, 9.17) is 0 Å². The molecule has 0 bridgehead atoms. The molecule has 3 rings (SSSR count). The molecule has 3 aromatic rings. The molecule has 1 aromatic carbocycles. The van der Waals surface area contributed by atoms with Gasteiger partial charge in [-0.25, -0.2) is 9.78 Å². The fraction of sp³-hybridized carbons (Fsp3) is 0. The van der Waals surface area contributed by atoms with E-state index in [1.165, 1.54) is 10.9 Å². The quantitative estimate of drug-likeness (QED) is 0.708. The predicted molar refractivity (Wildman–Crippen MR) is 68.4 cm³/mol. The Bertz CT molecular complexity index is 691. The van der Waals surface area contributed by atoms with E-state index in [9.17, 15) is 4.79 Å². The van der Waals surface area contributed by atoms with Gasteiger partial charge in [0, 0.05) is 29.7 Å². The van der Waals surface area contributed by atoms with Gasteiger partial charge >= 0.3 is 6.03 Å². The molecular weight excluding hydrogens is 228 g/mol. The van der Waals surface area contributed by atoms with Crippen molar-refractivity contribution in [3.63, 3.8) is 0 Å². The van der Waals surface area contributed by atoms with E-state index in [2.05, 4.69) is 15.3 Å². The number of aromatic nitrogens is 3. The van der Waals surface area contributed by atoms with Gasteiger partial charge < -0.3 is 5.32 Å². The van der Waals surface area contributed by atoms with Crippen LogP contribution in [0.4, 0.5) is 10.5 Å². The van der Waals surface area contributed by atoms with Crippen LogP contribution in [0.1, 0.15) is 0 Å². The molecule has 18 heavy (non-hydrogen) atoms. The zero-order chi connectivity index (χ0) is 12.4. The Balaban J connectivity index is 1.89. The molecule has 0 atom stereocenters. The molecule has 0 aliphatic rings. The van der Waals surface area contributed by atoms with E-state index >= 15 is 0 Å². The van der Waals surface area contributed by atoms with Crippen molar-refractivity contribution in [2.45, 2.75) is 0 Å². The third-order valence-corrected chi connectivity index (χ3v) is 2.59. The molecule has 0 saturated carbocycles. The first kappa shape index (κ1) is 10.5. The average molecular weight is 238 g/mol. The number of rotatable bonds is 1.